The zero-order valence-electron chi connectivity index (χ0n) is 13.4. The van der Waals surface area contributed by atoms with Crippen LogP contribution < -0.4 is 0 Å². The number of amides is 1. The average Bonchev–Trinajstić information content (AvgIpc) is 2.62. The molecular formula is C19H19N3O. The largest absolute Gasteiger partial charge is 0.338 e. The van der Waals surface area contributed by atoms with Gasteiger partial charge < -0.3 is 4.90 Å². The van der Waals surface area contributed by atoms with E-state index < -0.39 is 0 Å². The van der Waals surface area contributed by atoms with Crippen molar-refractivity contribution in [3.8, 4) is 11.4 Å². The van der Waals surface area contributed by atoms with E-state index in [1.807, 2.05) is 68.4 Å². The van der Waals surface area contributed by atoms with Crippen LogP contribution >= 0.6 is 0 Å². The first-order valence-electron chi connectivity index (χ1n) is 7.86. The fraction of sp³-hybridized carbons (Fsp3) is 0.211. The highest BCUT2D eigenvalue weighted by Gasteiger charge is 2.19. The zero-order chi connectivity index (χ0) is 16.2. The molecule has 2 aromatic carbocycles. The van der Waals surface area contributed by atoms with Crippen LogP contribution in [0.25, 0.3) is 22.3 Å². The maximum absolute atomic E-state index is 12.8. The number of benzene rings is 2. The van der Waals surface area contributed by atoms with Gasteiger partial charge in [0, 0.05) is 24.0 Å². The Hall–Kier alpha value is -2.75. The van der Waals surface area contributed by atoms with Crippen LogP contribution in [0.4, 0.5) is 0 Å². The van der Waals surface area contributed by atoms with Crippen LogP contribution in [0.2, 0.25) is 0 Å². The van der Waals surface area contributed by atoms with Gasteiger partial charge in [0.25, 0.3) is 5.91 Å². The Bertz CT molecular complexity index is 826. The van der Waals surface area contributed by atoms with Crippen LogP contribution in [0.1, 0.15) is 24.3 Å². The summed E-state index contributed by atoms with van der Waals surface area (Å²) < 4.78 is 0. The number of fused-ring (bicyclic) bond motifs is 1. The Labute approximate surface area is 135 Å². The topological polar surface area (TPSA) is 46.1 Å². The van der Waals surface area contributed by atoms with E-state index in [4.69, 9.17) is 0 Å². The van der Waals surface area contributed by atoms with Crippen molar-refractivity contribution in [3.05, 3.63) is 60.3 Å². The standard InChI is InChI=1S/C19H19N3O/c1-3-22(4-2)19(23)17-15-12-8-9-13-16(15)20-18(21-17)14-10-6-5-7-11-14/h5-13H,3-4H2,1-2H3. The van der Waals surface area contributed by atoms with Crippen molar-refractivity contribution in [3.63, 3.8) is 0 Å². The molecule has 0 spiro atoms. The SMILES string of the molecule is CCN(CC)C(=O)c1nc(-c2ccccc2)nc2ccccc12. The molecule has 0 atom stereocenters. The highest BCUT2D eigenvalue weighted by atomic mass is 16.2. The summed E-state index contributed by atoms with van der Waals surface area (Å²) in [7, 11) is 0. The Kier molecular flexibility index (Phi) is 4.33. The monoisotopic (exact) mass is 305 g/mol. The molecule has 3 rings (SSSR count). The van der Waals surface area contributed by atoms with Crippen LogP contribution in [0.5, 0.6) is 0 Å². The van der Waals surface area contributed by atoms with Gasteiger partial charge in [0.15, 0.2) is 5.82 Å². The molecule has 0 N–H and O–H groups in total. The Balaban J connectivity index is 2.21. The highest BCUT2D eigenvalue weighted by Crippen LogP contribution is 2.22. The van der Waals surface area contributed by atoms with Gasteiger partial charge in [-0.05, 0) is 19.9 Å². The lowest BCUT2D eigenvalue weighted by atomic mass is 10.1. The summed E-state index contributed by atoms with van der Waals surface area (Å²) in [5, 5.41) is 0.795. The summed E-state index contributed by atoms with van der Waals surface area (Å²) in [5.74, 6) is 0.533. The molecule has 0 saturated carbocycles. The second kappa shape index (κ2) is 6.57. The zero-order valence-corrected chi connectivity index (χ0v) is 13.4. The summed E-state index contributed by atoms with van der Waals surface area (Å²) >= 11 is 0. The van der Waals surface area contributed by atoms with Crippen molar-refractivity contribution in [1.29, 1.82) is 0 Å². The summed E-state index contributed by atoms with van der Waals surface area (Å²) in [6.07, 6.45) is 0. The molecule has 0 aliphatic rings. The first-order valence-corrected chi connectivity index (χ1v) is 7.86. The number of para-hydroxylation sites is 1. The molecule has 3 aromatic rings. The van der Waals surface area contributed by atoms with Gasteiger partial charge in [0.05, 0.1) is 5.52 Å². The molecule has 0 radical (unpaired) electrons. The molecule has 0 aliphatic carbocycles. The molecule has 116 valence electrons. The predicted molar refractivity (Wildman–Crippen MR) is 92.2 cm³/mol. The summed E-state index contributed by atoms with van der Waals surface area (Å²) in [6, 6.07) is 17.4. The van der Waals surface area contributed by atoms with Gasteiger partial charge in [0.1, 0.15) is 5.69 Å². The van der Waals surface area contributed by atoms with Crippen molar-refractivity contribution in [1.82, 2.24) is 14.9 Å². The summed E-state index contributed by atoms with van der Waals surface area (Å²) in [6.45, 7) is 5.27. The van der Waals surface area contributed by atoms with Crippen molar-refractivity contribution in [2.45, 2.75) is 13.8 Å². The molecule has 23 heavy (non-hydrogen) atoms. The number of nitrogens with zero attached hydrogens (tertiary/aromatic N) is 3. The van der Waals surface area contributed by atoms with Gasteiger partial charge in [0.2, 0.25) is 0 Å². The maximum atomic E-state index is 12.8. The molecule has 4 nitrogen and oxygen atoms in total. The van der Waals surface area contributed by atoms with Gasteiger partial charge in [-0.15, -0.1) is 0 Å². The molecule has 1 amide bonds. The van der Waals surface area contributed by atoms with E-state index in [1.165, 1.54) is 0 Å². The second-order valence-corrected chi connectivity index (χ2v) is 5.26. The molecule has 1 heterocycles. The summed E-state index contributed by atoms with van der Waals surface area (Å²) in [4.78, 5) is 23.8. The number of rotatable bonds is 4. The lowest BCUT2D eigenvalue weighted by Gasteiger charge is -2.19. The second-order valence-electron chi connectivity index (χ2n) is 5.26. The van der Waals surface area contributed by atoms with Gasteiger partial charge in [-0.25, -0.2) is 9.97 Å². The maximum Gasteiger partial charge on any atom is 0.273 e. The molecule has 0 unspecified atom stereocenters. The van der Waals surface area contributed by atoms with E-state index >= 15 is 0 Å². The number of hydrogen-bond acceptors (Lipinski definition) is 3. The average molecular weight is 305 g/mol. The number of carbonyl (C=O) groups excluding carboxylic acids is 1. The Morgan fingerprint density at radius 2 is 1.57 bits per heavy atom. The van der Waals surface area contributed by atoms with Gasteiger partial charge in [-0.3, -0.25) is 4.79 Å². The van der Waals surface area contributed by atoms with E-state index in [9.17, 15) is 4.79 Å². The number of aromatic nitrogens is 2. The first kappa shape index (κ1) is 15.2. The van der Waals surface area contributed by atoms with Gasteiger partial charge in [-0.2, -0.15) is 0 Å². The lowest BCUT2D eigenvalue weighted by Crippen LogP contribution is -2.31. The Morgan fingerprint density at radius 1 is 0.913 bits per heavy atom. The van der Waals surface area contributed by atoms with Crippen LogP contribution in [-0.4, -0.2) is 33.9 Å². The smallest absolute Gasteiger partial charge is 0.273 e. The number of carbonyl (C=O) groups is 1. The van der Waals surface area contributed by atoms with E-state index in [0.29, 0.717) is 24.6 Å². The number of hydrogen-bond donors (Lipinski definition) is 0. The normalized spacial score (nSPS) is 10.7. The quantitative estimate of drug-likeness (QED) is 0.737. The van der Waals surface area contributed by atoms with E-state index in [-0.39, 0.29) is 5.91 Å². The predicted octanol–water partition coefficient (Wildman–Crippen LogP) is 3.78. The third-order valence-corrected chi connectivity index (χ3v) is 3.89. The minimum atomic E-state index is -0.0502. The van der Waals surface area contributed by atoms with E-state index in [1.54, 1.807) is 4.90 Å². The molecule has 0 saturated heterocycles. The minimum absolute atomic E-state index is 0.0502. The molecule has 0 aliphatic heterocycles. The molecular weight excluding hydrogens is 286 g/mol. The summed E-state index contributed by atoms with van der Waals surface area (Å²) in [5.41, 5.74) is 2.17. The van der Waals surface area contributed by atoms with Crippen LogP contribution in [0.15, 0.2) is 54.6 Å². The third kappa shape index (κ3) is 2.93. The van der Waals surface area contributed by atoms with E-state index in [0.717, 1.165) is 16.5 Å². The van der Waals surface area contributed by atoms with Gasteiger partial charge in [-0.1, -0.05) is 48.5 Å². The third-order valence-electron chi connectivity index (χ3n) is 3.89. The fourth-order valence-electron chi connectivity index (χ4n) is 2.62. The van der Waals surface area contributed by atoms with Gasteiger partial charge >= 0.3 is 0 Å². The molecule has 1 aromatic heterocycles. The van der Waals surface area contributed by atoms with Crippen LogP contribution in [0.3, 0.4) is 0 Å². The molecule has 0 bridgehead atoms. The van der Waals surface area contributed by atoms with Crippen LogP contribution in [0, 0.1) is 0 Å². The highest BCUT2D eigenvalue weighted by molar-refractivity contribution is 6.04. The lowest BCUT2D eigenvalue weighted by molar-refractivity contribution is 0.0769. The minimum Gasteiger partial charge on any atom is -0.338 e. The molecule has 4 heteroatoms. The molecule has 0 fully saturated rings. The van der Waals surface area contributed by atoms with E-state index in [2.05, 4.69) is 9.97 Å². The van der Waals surface area contributed by atoms with Crippen molar-refractivity contribution in [2.24, 2.45) is 0 Å². The fourth-order valence-corrected chi connectivity index (χ4v) is 2.62. The van der Waals surface area contributed by atoms with Crippen LogP contribution in [-0.2, 0) is 0 Å². The van der Waals surface area contributed by atoms with Crippen molar-refractivity contribution < 1.29 is 4.79 Å². The van der Waals surface area contributed by atoms with Crippen molar-refractivity contribution in [2.75, 3.05) is 13.1 Å². The Morgan fingerprint density at radius 3 is 2.26 bits per heavy atom. The first-order chi connectivity index (χ1) is 11.2. The van der Waals surface area contributed by atoms with Crippen molar-refractivity contribution >= 4 is 16.8 Å².